The summed E-state index contributed by atoms with van der Waals surface area (Å²) in [5, 5.41) is 13.0. The molecule has 6 heteroatoms. The minimum absolute atomic E-state index is 0.481. The highest BCUT2D eigenvalue weighted by molar-refractivity contribution is 9.10. The maximum Gasteiger partial charge on any atom is 0.134 e. The second kappa shape index (κ2) is 7.50. The van der Waals surface area contributed by atoms with Crippen LogP contribution in [0.15, 0.2) is 52.3 Å². The normalized spacial score (nSPS) is 11.3. The van der Waals surface area contributed by atoms with Gasteiger partial charge in [0.1, 0.15) is 11.1 Å². The maximum atomic E-state index is 9.46. The number of hydrogen-bond donors (Lipinski definition) is 0. The fraction of sp³-hybridized carbons (Fsp3) is 0. The Hall–Kier alpha value is -1.64. The van der Waals surface area contributed by atoms with E-state index in [2.05, 4.69) is 27.0 Å². The van der Waals surface area contributed by atoms with Crippen molar-refractivity contribution in [2.24, 2.45) is 0 Å². The van der Waals surface area contributed by atoms with E-state index in [4.69, 9.17) is 23.2 Å². The van der Waals surface area contributed by atoms with Gasteiger partial charge in [0, 0.05) is 15.4 Å². The molecule has 0 saturated heterocycles. The molecule has 0 fully saturated rings. The minimum atomic E-state index is 0.481. The van der Waals surface area contributed by atoms with Crippen LogP contribution in [0.25, 0.3) is 22.9 Å². The largest absolute Gasteiger partial charge is 0.235 e. The summed E-state index contributed by atoms with van der Waals surface area (Å²) in [6, 6.07) is 15.3. The zero-order chi connectivity index (χ0) is 17.1. The molecule has 0 amide bonds. The van der Waals surface area contributed by atoms with E-state index in [-0.39, 0.29) is 0 Å². The average Bonchev–Trinajstić information content (AvgIpc) is 3.06. The third-order valence-electron chi connectivity index (χ3n) is 3.25. The van der Waals surface area contributed by atoms with Crippen LogP contribution in [0, 0.1) is 11.3 Å². The summed E-state index contributed by atoms with van der Waals surface area (Å²) < 4.78 is 0.995. The van der Waals surface area contributed by atoms with Gasteiger partial charge in [-0.2, -0.15) is 5.26 Å². The molecule has 0 unspecified atom stereocenters. The fourth-order valence-electron chi connectivity index (χ4n) is 2.05. The first-order valence-electron chi connectivity index (χ1n) is 6.85. The van der Waals surface area contributed by atoms with Crippen molar-refractivity contribution < 1.29 is 0 Å². The van der Waals surface area contributed by atoms with Gasteiger partial charge in [-0.3, -0.25) is 0 Å². The number of allylic oxidation sites excluding steroid dienone is 1. The van der Waals surface area contributed by atoms with Crippen molar-refractivity contribution in [3.63, 3.8) is 0 Å². The Morgan fingerprint density at radius 1 is 1.12 bits per heavy atom. The van der Waals surface area contributed by atoms with Gasteiger partial charge in [-0.05, 0) is 35.9 Å². The number of thiazole rings is 1. The number of hydrogen-bond acceptors (Lipinski definition) is 3. The molecule has 118 valence electrons. The lowest BCUT2D eigenvalue weighted by Gasteiger charge is -1.99. The van der Waals surface area contributed by atoms with Crippen molar-refractivity contribution >= 4 is 62.1 Å². The summed E-state index contributed by atoms with van der Waals surface area (Å²) in [5.41, 5.74) is 3.10. The van der Waals surface area contributed by atoms with E-state index in [1.165, 1.54) is 11.3 Å². The molecule has 1 aromatic heterocycles. The van der Waals surface area contributed by atoms with Crippen LogP contribution in [0.5, 0.6) is 0 Å². The van der Waals surface area contributed by atoms with Crippen molar-refractivity contribution in [3.05, 3.63) is 72.9 Å². The predicted molar refractivity (Wildman–Crippen MR) is 105 cm³/mol. The summed E-state index contributed by atoms with van der Waals surface area (Å²) >= 11 is 16.8. The van der Waals surface area contributed by atoms with Crippen LogP contribution in [0.3, 0.4) is 0 Å². The van der Waals surface area contributed by atoms with Crippen LogP contribution in [-0.4, -0.2) is 4.98 Å². The lowest BCUT2D eigenvalue weighted by Crippen LogP contribution is -1.83. The van der Waals surface area contributed by atoms with Crippen molar-refractivity contribution in [1.82, 2.24) is 4.98 Å². The van der Waals surface area contributed by atoms with E-state index in [1.54, 1.807) is 12.1 Å². The summed E-state index contributed by atoms with van der Waals surface area (Å²) in [6.07, 6.45) is 1.82. The molecule has 0 aliphatic carbocycles. The van der Waals surface area contributed by atoms with Gasteiger partial charge in [0.05, 0.1) is 21.3 Å². The Morgan fingerprint density at radius 3 is 2.54 bits per heavy atom. The third-order valence-corrected chi connectivity index (χ3v) is 5.39. The van der Waals surface area contributed by atoms with Crippen molar-refractivity contribution in [2.75, 3.05) is 0 Å². The molecule has 24 heavy (non-hydrogen) atoms. The van der Waals surface area contributed by atoms with Gasteiger partial charge in [0.2, 0.25) is 0 Å². The summed E-state index contributed by atoms with van der Waals surface area (Å²) in [4.78, 5) is 4.55. The van der Waals surface area contributed by atoms with Gasteiger partial charge in [-0.1, -0.05) is 57.3 Å². The van der Waals surface area contributed by atoms with Crippen LogP contribution in [0.2, 0.25) is 10.0 Å². The smallest absolute Gasteiger partial charge is 0.134 e. The van der Waals surface area contributed by atoms with E-state index >= 15 is 0 Å². The molecule has 0 N–H and O–H groups in total. The Bertz CT molecular complexity index is 956. The lowest BCUT2D eigenvalue weighted by atomic mass is 10.1. The highest BCUT2D eigenvalue weighted by Crippen LogP contribution is 2.31. The molecule has 3 rings (SSSR count). The number of halogens is 3. The van der Waals surface area contributed by atoms with E-state index < -0.39 is 0 Å². The number of aromatic nitrogens is 1. The average molecular weight is 436 g/mol. The quantitative estimate of drug-likeness (QED) is 0.417. The third kappa shape index (κ3) is 3.88. The van der Waals surface area contributed by atoms with Crippen LogP contribution in [0.1, 0.15) is 10.6 Å². The molecular formula is C18H9BrCl2N2S. The first-order chi connectivity index (χ1) is 11.6. The number of nitrogens with zero attached hydrogens (tertiary/aromatic N) is 2. The van der Waals surface area contributed by atoms with E-state index in [0.717, 1.165) is 21.3 Å². The molecule has 3 aromatic rings. The number of rotatable bonds is 3. The molecule has 0 radical (unpaired) electrons. The second-order valence-electron chi connectivity index (χ2n) is 4.89. The summed E-state index contributed by atoms with van der Waals surface area (Å²) in [5.74, 6) is 0. The first-order valence-corrected chi connectivity index (χ1v) is 9.28. The Kier molecular flexibility index (Phi) is 5.37. The SMILES string of the molecule is N#CC(=Cc1ccc(Br)cc1)c1nc(-c2ccc(Cl)c(Cl)c2)cs1. The van der Waals surface area contributed by atoms with Crippen LogP contribution in [-0.2, 0) is 0 Å². The standard InChI is InChI=1S/C18H9BrCl2N2S/c19-14-4-1-11(2-5-14)7-13(9-22)18-23-17(10-24-18)12-3-6-15(20)16(21)8-12/h1-8,10H. The van der Waals surface area contributed by atoms with Crippen LogP contribution < -0.4 is 0 Å². The molecule has 0 saturated carbocycles. The molecule has 0 bridgehead atoms. The molecule has 0 atom stereocenters. The first kappa shape index (κ1) is 17.2. The predicted octanol–water partition coefficient (Wildman–Crippen LogP) is 6.94. The second-order valence-corrected chi connectivity index (χ2v) is 7.48. The van der Waals surface area contributed by atoms with E-state index in [1.807, 2.05) is 41.8 Å². The molecule has 0 aliphatic heterocycles. The highest BCUT2D eigenvalue weighted by Gasteiger charge is 2.10. The van der Waals surface area contributed by atoms with Gasteiger partial charge in [-0.25, -0.2) is 4.98 Å². The zero-order valence-corrected chi connectivity index (χ0v) is 16.0. The minimum Gasteiger partial charge on any atom is -0.235 e. The Labute approximate surface area is 162 Å². The van der Waals surface area contributed by atoms with Crippen molar-refractivity contribution in [3.8, 4) is 17.3 Å². The van der Waals surface area contributed by atoms with Gasteiger partial charge in [0.25, 0.3) is 0 Å². The molecule has 1 heterocycles. The summed E-state index contributed by atoms with van der Waals surface area (Å²) in [7, 11) is 0. The molecule has 0 spiro atoms. The fourth-order valence-corrected chi connectivity index (χ4v) is 3.41. The van der Waals surface area contributed by atoms with E-state index in [9.17, 15) is 5.26 Å². The molecule has 2 nitrogen and oxygen atoms in total. The van der Waals surface area contributed by atoms with Gasteiger partial charge < -0.3 is 0 Å². The van der Waals surface area contributed by atoms with Gasteiger partial charge in [0.15, 0.2) is 0 Å². The Morgan fingerprint density at radius 2 is 1.88 bits per heavy atom. The molecule has 2 aromatic carbocycles. The van der Waals surface area contributed by atoms with E-state index in [0.29, 0.717) is 20.6 Å². The van der Waals surface area contributed by atoms with Crippen molar-refractivity contribution in [2.45, 2.75) is 0 Å². The van der Waals surface area contributed by atoms with Crippen LogP contribution >= 0.6 is 50.5 Å². The molecule has 0 aliphatic rings. The highest BCUT2D eigenvalue weighted by atomic mass is 79.9. The zero-order valence-electron chi connectivity index (χ0n) is 12.1. The topological polar surface area (TPSA) is 36.7 Å². The summed E-state index contributed by atoms with van der Waals surface area (Å²) in [6.45, 7) is 0. The monoisotopic (exact) mass is 434 g/mol. The maximum absolute atomic E-state index is 9.46. The Balaban J connectivity index is 1.94. The van der Waals surface area contributed by atoms with Crippen LogP contribution in [0.4, 0.5) is 0 Å². The lowest BCUT2D eigenvalue weighted by molar-refractivity contribution is 1.37. The van der Waals surface area contributed by atoms with Gasteiger partial charge >= 0.3 is 0 Å². The number of benzene rings is 2. The number of nitriles is 1. The van der Waals surface area contributed by atoms with Crippen molar-refractivity contribution in [1.29, 1.82) is 5.26 Å². The van der Waals surface area contributed by atoms with Gasteiger partial charge in [-0.15, -0.1) is 11.3 Å². The molecular weight excluding hydrogens is 427 g/mol.